The number of aromatic hydroxyl groups is 1. The number of carbonyl (C=O) groups is 2. The third-order valence-electron chi connectivity index (χ3n) is 4.90. The summed E-state index contributed by atoms with van der Waals surface area (Å²) in [6, 6.07) is 14.2. The van der Waals surface area contributed by atoms with Gasteiger partial charge in [-0.15, -0.1) is 0 Å². The summed E-state index contributed by atoms with van der Waals surface area (Å²) in [4.78, 5) is 28.4. The van der Waals surface area contributed by atoms with Crippen molar-refractivity contribution in [2.45, 2.75) is 19.8 Å². The number of benzene rings is 2. The second-order valence-electron chi connectivity index (χ2n) is 6.94. The first kappa shape index (κ1) is 19.7. The van der Waals surface area contributed by atoms with Crippen LogP contribution in [0, 0.1) is 6.92 Å². The molecule has 2 aromatic carbocycles. The first-order chi connectivity index (χ1) is 13.5. The molecule has 6 heteroatoms. The van der Waals surface area contributed by atoms with Crippen LogP contribution in [0.1, 0.15) is 28.8 Å². The van der Waals surface area contributed by atoms with E-state index in [-0.39, 0.29) is 17.6 Å². The van der Waals surface area contributed by atoms with E-state index in [4.69, 9.17) is 4.74 Å². The van der Waals surface area contributed by atoms with E-state index in [9.17, 15) is 14.7 Å². The van der Waals surface area contributed by atoms with E-state index in [0.29, 0.717) is 51.2 Å². The Morgan fingerprint density at radius 1 is 1.00 bits per heavy atom. The van der Waals surface area contributed by atoms with Crippen molar-refractivity contribution in [1.29, 1.82) is 0 Å². The van der Waals surface area contributed by atoms with Crippen LogP contribution in [0.15, 0.2) is 48.5 Å². The number of aryl methyl sites for hydroxylation is 1. The van der Waals surface area contributed by atoms with Gasteiger partial charge in [0, 0.05) is 38.2 Å². The van der Waals surface area contributed by atoms with Crippen molar-refractivity contribution in [1.82, 2.24) is 9.80 Å². The molecule has 1 heterocycles. The van der Waals surface area contributed by atoms with Crippen molar-refractivity contribution in [3.05, 3.63) is 59.7 Å². The van der Waals surface area contributed by atoms with Crippen molar-refractivity contribution in [2.75, 3.05) is 32.8 Å². The number of hydrogen-bond acceptors (Lipinski definition) is 4. The van der Waals surface area contributed by atoms with E-state index in [2.05, 4.69) is 0 Å². The lowest BCUT2D eigenvalue weighted by Gasteiger charge is -2.35. The maximum absolute atomic E-state index is 12.5. The van der Waals surface area contributed by atoms with Crippen molar-refractivity contribution >= 4 is 11.8 Å². The van der Waals surface area contributed by atoms with Crippen molar-refractivity contribution in [3.8, 4) is 11.5 Å². The molecule has 0 bridgehead atoms. The summed E-state index contributed by atoms with van der Waals surface area (Å²) in [7, 11) is 0. The van der Waals surface area contributed by atoms with Crippen molar-refractivity contribution in [2.24, 2.45) is 0 Å². The van der Waals surface area contributed by atoms with Gasteiger partial charge < -0.3 is 19.6 Å². The molecule has 0 spiro atoms. The number of piperazine rings is 1. The van der Waals surface area contributed by atoms with Gasteiger partial charge in [0.05, 0.1) is 6.61 Å². The highest BCUT2D eigenvalue weighted by Crippen LogP contribution is 2.17. The number of rotatable bonds is 6. The summed E-state index contributed by atoms with van der Waals surface area (Å²) in [5, 5.41) is 9.53. The molecule has 6 nitrogen and oxygen atoms in total. The lowest BCUT2D eigenvalue weighted by atomic mass is 10.1. The predicted octanol–water partition coefficient (Wildman–Crippen LogP) is 2.84. The summed E-state index contributed by atoms with van der Waals surface area (Å²) >= 11 is 0. The highest BCUT2D eigenvalue weighted by molar-refractivity contribution is 5.94. The molecule has 0 unspecified atom stereocenters. The molecular weight excluding hydrogens is 356 g/mol. The van der Waals surface area contributed by atoms with Gasteiger partial charge in [-0.3, -0.25) is 9.59 Å². The van der Waals surface area contributed by atoms with E-state index in [1.807, 2.05) is 31.2 Å². The van der Waals surface area contributed by atoms with Gasteiger partial charge in [-0.05, 0) is 43.2 Å². The first-order valence-corrected chi connectivity index (χ1v) is 9.59. The van der Waals surface area contributed by atoms with Crippen LogP contribution in [-0.4, -0.2) is 59.5 Å². The molecule has 1 N–H and O–H groups in total. The van der Waals surface area contributed by atoms with Crippen LogP contribution >= 0.6 is 0 Å². The topological polar surface area (TPSA) is 70.1 Å². The van der Waals surface area contributed by atoms with E-state index in [0.717, 1.165) is 11.3 Å². The monoisotopic (exact) mass is 382 g/mol. The molecule has 1 aliphatic heterocycles. The molecule has 2 amide bonds. The van der Waals surface area contributed by atoms with Crippen molar-refractivity contribution < 1.29 is 19.4 Å². The maximum atomic E-state index is 12.5. The minimum Gasteiger partial charge on any atom is -0.508 e. The van der Waals surface area contributed by atoms with Gasteiger partial charge in [-0.25, -0.2) is 0 Å². The van der Waals surface area contributed by atoms with E-state index >= 15 is 0 Å². The molecule has 3 rings (SSSR count). The number of nitrogens with zero attached hydrogens (tertiary/aromatic N) is 2. The Morgan fingerprint density at radius 2 is 1.71 bits per heavy atom. The molecule has 0 atom stereocenters. The quantitative estimate of drug-likeness (QED) is 0.780. The molecule has 1 aliphatic rings. The number of hydrogen-bond donors (Lipinski definition) is 1. The second kappa shape index (κ2) is 9.26. The van der Waals surface area contributed by atoms with Crippen LogP contribution in [0.25, 0.3) is 0 Å². The Kier molecular flexibility index (Phi) is 6.53. The minimum atomic E-state index is -0.116. The predicted molar refractivity (Wildman–Crippen MR) is 106 cm³/mol. The molecular formula is C22H26N2O4. The van der Waals surface area contributed by atoms with Gasteiger partial charge in [-0.2, -0.15) is 0 Å². The highest BCUT2D eigenvalue weighted by Gasteiger charge is 2.24. The highest BCUT2D eigenvalue weighted by atomic mass is 16.5. The fourth-order valence-electron chi connectivity index (χ4n) is 3.26. The van der Waals surface area contributed by atoms with Gasteiger partial charge in [0.15, 0.2) is 0 Å². The third-order valence-corrected chi connectivity index (χ3v) is 4.90. The molecule has 2 aromatic rings. The van der Waals surface area contributed by atoms with Crippen molar-refractivity contribution in [3.63, 3.8) is 0 Å². The zero-order valence-electron chi connectivity index (χ0n) is 16.1. The number of carbonyl (C=O) groups excluding carboxylic acids is 2. The summed E-state index contributed by atoms with van der Waals surface area (Å²) in [6.45, 7) is 4.56. The number of phenolic OH excluding ortho intramolecular Hbond substituents is 1. The normalized spacial score (nSPS) is 14.0. The van der Waals surface area contributed by atoms with Crippen LogP contribution in [0.2, 0.25) is 0 Å². The Labute approximate surface area is 165 Å². The lowest BCUT2D eigenvalue weighted by molar-refractivity contribution is -0.132. The van der Waals surface area contributed by atoms with Gasteiger partial charge in [0.25, 0.3) is 5.91 Å². The Morgan fingerprint density at radius 3 is 2.43 bits per heavy atom. The molecule has 0 aromatic heterocycles. The molecule has 0 aliphatic carbocycles. The molecule has 0 saturated carbocycles. The fourth-order valence-corrected chi connectivity index (χ4v) is 3.26. The lowest BCUT2D eigenvalue weighted by Crippen LogP contribution is -2.50. The number of phenols is 1. The number of ether oxygens (including phenoxy) is 1. The van der Waals surface area contributed by atoms with Crippen LogP contribution in [0.5, 0.6) is 11.5 Å². The molecule has 1 saturated heterocycles. The van der Waals surface area contributed by atoms with Gasteiger partial charge in [0.2, 0.25) is 5.91 Å². The number of para-hydroxylation sites is 1. The second-order valence-corrected chi connectivity index (χ2v) is 6.94. The van der Waals surface area contributed by atoms with Crippen LogP contribution in [-0.2, 0) is 4.79 Å². The third kappa shape index (κ3) is 5.03. The van der Waals surface area contributed by atoms with Crippen LogP contribution < -0.4 is 4.74 Å². The summed E-state index contributed by atoms with van der Waals surface area (Å²) < 4.78 is 5.74. The molecule has 0 radical (unpaired) electrons. The maximum Gasteiger partial charge on any atom is 0.254 e. The van der Waals surface area contributed by atoms with E-state index in [1.165, 1.54) is 12.1 Å². The molecule has 148 valence electrons. The number of amides is 2. The Bertz CT molecular complexity index is 829. The molecule has 1 fully saturated rings. The van der Waals surface area contributed by atoms with Gasteiger partial charge >= 0.3 is 0 Å². The summed E-state index contributed by atoms with van der Waals surface area (Å²) in [6.07, 6.45) is 1.10. The largest absolute Gasteiger partial charge is 0.508 e. The molecule has 28 heavy (non-hydrogen) atoms. The van der Waals surface area contributed by atoms with E-state index < -0.39 is 0 Å². The van der Waals surface area contributed by atoms with Gasteiger partial charge in [-0.1, -0.05) is 24.3 Å². The average molecular weight is 382 g/mol. The zero-order chi connectivity index (χ0) is 19.9. The first-order valence-electron chi connectivity index (χ1n) is 9.59. The summed E-state index contributed by atoms with van der Waals surface area (Å²) in [5.74, 6) is 0.911. The van der Waals surface area contributed by atoms with Gasteiger partial charge in [0.1, 0.15) is 11.5 Å². The SMILES string of the molecule is Cc1ccccc1OCCCC(=O)N1CCN(C(=O)c2cccc(O)c2)CC1. The average Bonchev–Trinajstić information content (AvgIpc) is 2.72. The Hall–Kier alpha value is -3.02. The van der Waals surface area contributed by atoms with Crippen LogP contribution in [0.4, 0.5) is 0 Å². The zero-order valence-corrected chi connectivity index (χ0v) is 16.1. The fraction of sp³-hybridized carbons (Fsp3) is 0.364. The standard InChI is InChI=1S/C22H26N2O4/c1-17-6-2-3-9-20(17)28-15-5-10-21(26)23-11-13-24(14-12-23)22(27)18-7-4-8-19(25)16-18/h2-4,6-9,16,25H,5,10-15H2,1H3. The van der Waals surface area contributed by atoms with E-state index in [1.54, 1.807) is 21.9 Å². The summed E-state index contributed by atoms with van der Waals surface area (Å²) in [5.41, 5.74) is 1.55. The smallest absolute Gasteiger partial charge is 0.254 e. The van der Waals surface area contributed by atoms with Crippen LogP contribution in [0.3, 0.4) is 0 Å². The minimum absolute atomic E-state index is 0.0765. The Balaban J connectivity index is 1.40.